The average Bonchev–Trinajstić information content (AvgIpc) is 1.65. The van der Waals surface area contributed by atoms with Gasteiger partial charge < -0.3 is 7.16 Å². The van der Waals surface area contributed by atoms with E-state index in [4.69, 9.17) is 0 Å². The minimum absolute atomic E-state index is 0. The summed E-state index contributed by atoms with van der Waals surface area (Å²) in [6.45, 7) is 0. The maximum atomic E-state index is 9.78. The molecule has 0 bridgehead atoms. The van der Waals surface area contributed by atoms with E-state index < -0.39 is 6.03 Å². The maximum absolute atomic E-state index is 9.78. The molecular weight excluding hydrogens is 121 g/mol. The Kier molecular flexibility index (Phi) is 6.76. The fourth-order valence-corrected chi connectivity index (χ4v) is 0.0402. The molecule has 0 atom stereocenters. The predicted molar refractivity (Wildman–Crippen MR) is 24.3 cm³/mol. The van der Waals surface area contributed by atoms with Gasteiger partial charge in [0.05, 0.1) is 5.29 Å². The van der Waals surface area contributed by atoms with Crippen LogP contribution in [-0.4, -0.2) is 18.1 Å². The summed E-state index contributed by atoms with van der Waals surface area (Å²) >= 11 is 0. The smallest absolute Gasteiger partial charge is 1.00 e. The Bertz CT molecular complexity index is 99.8. The Morgan fingerprint density at radius 3 is 2.25 bits per heavy atom. The molecule has 0 aliphatic carbocycles. The zero-order valence-corrected chi connectivity index (χ0v) is 6.79. The van der Waals surface area contributed by atoms with Crippen molar-refractivity contribution in [1.29, 1.82) is 0 Å². The zero-order valence-electron chi connectivity index (χ0n) is 5.79. The third-order valence-electron chi connectivity index (χ3n) is 0.441. The SMILES string of the molecule is CN(N=O)C(N)=O.[H-].[Na+]. The van der Waals surface area contributed by atoms with E-state index in [-0.39, 0.29) is 31.0 Å². The van der Waals surface area contributed by atoms with E-state index in [1.54, 1.807) is 0 Å². The van der Waals surface area contributed by atoms with Crippen LogP contribution in [0.3, 0.4) is 0 Å². The number of nitrogens with zero attached hydrogens (tertiary/aromatic N) is 2. The maximum Gasteiger partial charge on any atom is 1.00 e. The van der Waals surface area contributed by atoms with E-state index in [1.165, 1.54) is 7.05 Å². The molecule has 0 aromatic rings. The Morgan fingerprint density at radius 1 is 1.88 bits per heavy atom. The molecule has 5 nitrogen and oxygen atoms in total. The van der Waals surface area contributed by atoms with Gasteiger partial charge in [-0.3, -0.25) is 0 Å². The Hall–Kier alpha value is -0.130. The monoisotopic (exact) mass is 127 g/mol. The van der Waals surface area contributed by atoms with Crippen molar-refractivity contribution in [2.45, 2.75) is 0 Å². The van der Waals surface area contributed by atoms with Gasteiger partial charge in [-0.05, 0) is 0 Å². The molecule has 0 aliphatic rings. The van der Waals surface area contributed by atoms with Gasteiger partial charge >= 0.3 is 35.6 Å². The third-order valence-corrected chi connectivity index (χ3v) is 0.441. The van der Waals surface area contributed by atoms with Crippen molar-refractivity contribution in [3.8, 4) is 0 Å². The Labute approximate surface area is 69.9 Å². The summed E-state index contributed by atoms with van der Waals surface area (Å²) in [4.78, 5) is 19.1. The summed E-state index contributed by atoms with van der Waals surface area (Å²) in [7, 11) is 1.18. The number of carbonyl (C=O) groups excluding carboxylic acids is 1. The van der Waals surface area contributed by atoms with Crippen molar-refractivity contribution in [1.82, 2.24) is 5.01 Å². The van der Waals surface area contributed by atoms with E-state index in [0.717, 1.165) is 0 Å². The molecule has 0 fully saturated rings. The molecule has 0 saturated carbocycles. The quantitative estimate of drug-likeness (QED) is 0.229. The second kappa shape index (κ2) is 5.02. The van der Waals surface area contributed by atoms with Crippen molar-refractivity contribution in [3.63, 3.8) is 0 Å². The number of nitrogens with two attached hydrogens (primary N) is 1. The molecule has 0 rings (SSSR count). The van der Waals surface area contributed by atoms with E-state index >= 15 is 0 Å². The molecule has 42 valence electrons. The number of carbonyl (C=O) groups is 1. The summed E-state index contributed by atoms with van der Waals surface area (Å²) in [6.07, 6.45) is 0. The number of hydrogen-bond acceptors (Lipinski definition) is 3. The van der Waals surface area contributed by atoms with Gasteiger partial charge in [0.2, 0.25) is 0 Å². The number of hydrogen-bond donors (Lipinski definition) is 1. The van der Waals surface area contributed by atoms with E-state index in [0.29, 0.717) is 5.01 Å². The van der Waals surface area contributed by atoms with Gasteiger partial charge in [0.15, 0.2) is 0 Å². The first kappa shape index (κ1) is 10.8. The largest absolute Gasteiger partial charge is 1.00 e. The van der Waals surface area contributed by atoms with Crippen molar-refractivity contribution in [3.05, 3.63) is 4.91 Å². The third kappa shape index (κ3) is 4.04. The molecule has 2 amide bonds. The van der Waals surface area contributed by atoms with Crippen molar-refractivity contribution in [2.75, 3.05) is 7.05 Å². The molecule has 2 N–H and O–H groups in total. The molecule has 0 aromatic heterocycles. The molecule has 0 unspecified atom stereocenters. The topological polar surface area (TPSA) is 75.8 Å². The fraction of sp³-hybridized carbons (Fsp3) is 0.500. The van der Waals surface area contributed by atoms with Crippen LogP contribution in [0.25, 0.3) is 0 Å². The van der Waals surface area contributed by atoms with Gasteiger partial charge in [0.1, 0.15) is 0 Å². The second-order valence-electron chi connectivity index (χ2n) is 0.943. The predicted octanol–water partition coefficient (Wildman–Crippen LogP) is -3.21. The first-order valence-corrected chi connectivity index (χ1v) is 1.55. The van der Waals surface area contributed by atoms with E-state index in [1.807, 2.05) is 0 Å². The average molecular weight is 127 g/mol. The second-order valence-corrected chi connectivity index (χ2v) is 0.943. The molecule has 0 saturated heterocycles. The molecule has 0 aromatic carbocycles. The molecule has 0 spiro atoms. The normalized spacial score (nSPS) is 6.62. The van der Waals surface area contributed by atoms with Crippen LogP contribution < -0.4 is 35.3 Å². The summed E-state index contributed by atoms with van der Waals surface area (Å²) in [5.41, 5.74) is 4.54. The van der Waals surface area contributed by atoms with Gasteiger partial charge in [-0.15, -0.1) is 4.91 Å². The standard InChI is InChI=1S/C2H5N3O2.Na.H/c1-5(4-7)2(3)6;;/h1H3,(H2,3,6);;/q;+1;-1. The van der Waals surface area contributed by atoms with Crippen LogP contribution in [0.2, 0.25) is 0 Å². The minimum Gasteiger partial charge on any atom is -1.00 e. The first-order chi connectivity index (χ1) is 3.18. The molecule has 0 aliphatic heterocycles. The summed E-state index contributed by atoms with van der Waals surface area (Å²) < 4.78 is 0. The number of rotatable bonds is 1. The zero-order chi connectivity index (χ0) is 5.86. The first-order valence-electron chi connectivity index (χ1n) is 1.55. The minimum atomic E-state index is -0.852. The molecule has 0 radical (unpaired) electrons. The van der Waals surface area contributed by atoms with E-state index in [2.05, 4.69) is 11.0 Å². The summed E-state index contributed by atoms with van der Waals surface area (Å²) in [5.74, 6) is 0. The van der Waals surface area contributed by atoms with Crippen molar-refractivity contribution < 1.29 is 35.8 Å². The fourth-order valence-electron chi connectivity index (χ4n) is 0.0402. The van der Waals surface area contributed by atoms with Gasteiger partial charge in [-0.2, -0.15) is 5.01 Å². The van der Waals surface area contributed by atoms with E-state index in [9.17, 15) is 9.70 Å². The van der Waals surface area contributed by atoms with Gasteiger partial charge in [-0.1, -0.05) is 0 Å². The molecule has 0 heterocycles. The van der Waals surface area contributed by atoms with Crippen LogP contribution in [0.4, 0.5) is 4.79 Å². The number of urea groups is 1. The van der Waals surface area contributed by atoms with Crippen LogP contribution in [0.1, 0.15) is 1.43 Å². The van der Waals surface area contributed by atoms with Crippen LogP contribution >= 0.6 is 0 Å². The Morgan fingerprint density at radius 2 is 2.25 bits per heavy atom. The molecule has 8 heavy (non-hydrogen) atoms. The van der Waals surface area contributed by atoms with Gasteiger partial charge in [0.25, 0.3) is 0 Å². The van der Waals surface area contributed by atoms with Crippen LogP contribution in [0.5, 0.6) is 0 Å². The summed E-state index contributed by atoms with van der Waals surface area (Å²) in [5, 5.41) is 2.70. The van der Waals surface area contributed by atoms with Crippen LogP contribution in [0.15, 0.2) is 5.29 Å². The molecular formula is C2H6N3NaO2. The van der Waals surface area contributed by atoms with Crippen molar-refractivity contribution in [2.24, 2.45) is 11.0 Å². The van der Waals surface area contributed by atoms with Crippen molar-refractivity contribution >= 4 is 6.03 Å². The Balaban J connectivity index is -0.000000180. The van der Waals surface area contributed by atoms with Crippen LogP contribution in [-0.2, 0) is 0 Å². The summed E-state index contributed by atoms with van der Waals surface area (Å²) in [6, 6.07) is -0.852. The number of amides is 2. The van der Waals surface area contributed by atoms with Crippen LogP contribution in [0, 0.1) is 4.91 Å². The molecule has 6 heteroatoms. The van der Waals surface area contributed by atoms with Gasteiger partial charge in [0, 0.05) is 7.05 Å². The van der Waals surface area contributed by atoms with Gasteiger partial charge in [-0.25, -0.2) is 4.79 Å². The number of nitroso groups, excluding NO2 is 1. The number of primary amides is 1.